The first-order valence-electron chi connectivity index (χ1n) is 5.79. The molecule has 0 atom stereocenters. The third kappa shape index (κ3) is 2.25. The van der Waals surface area contributed by atoms with Gasteiger partial charge in [0.15, 0.2) is 0 Å². The summed E-state index contributed by atoms with van der Waals surface area (Å²) >= 11 is 3.47. The highest BCUT2D eigenvalue weighted by atomic mass is 79.9. The maximum atomic E-state index is 6.48. The molecule has 88 valence electrons. The van der Waals surface area contributed by atoms with Crippen molar-refractivity contribution in [3.05, 3.63) is 28.2 Å². The Labute approximate surface area is 105 Å². The third-order valence-corrected chi connectivity index (χ3v) is 4.13. The van der Waals surface area contributed by atoms with E-state index >= 15 is 0 Å². The Bertz CT molecular complexity index is 372. The van der Waals surface area contributed by atoms with Crippen LogP contribution in [0.3, 0.4) is 0 Å². The van der Waals surface area contributed by atoms with Gasteiger partial charge in [-0.25, -0.2) is 0 Å². The lowest BCUT2D eigenvalue weighted by atomic mass is 9.77. The van der Waals surface area contributed by atoms with E-state index in [1.165, 1.54) is 24.8 Å². The SMILES string of the molecule is COc1cc(C2(N)CCCCC2)ccc1Br. The molecule has 0 heterocycles. The summed E-state index contributed by atoms with van der Waals surface area (Å²) in [5.41, 5.74) is 7.54. The van der Waals surface area contributed by atoms with E-state index in [1.807, 2.05) is 6.07 Å². The average molecular weight is 284 g/mol. The standard InChI is InChI=1S/C13H18BrNO/c1-16-12-9-10(5-6-11(12)14)13(15)7-3-2-4-8-13/h5-6,9H,2-4,7-8,15H2,1H3. The van der Waals surface area contributed by atoms with Gasteiger partial charge < -0.3 is 10.5 Å². The van der Waals surface area contributed by atoms with Crippen LogP contribution < -0.4 is 10.5 Å². The first-order chi connectivity index (χ1) is 7.65. The normalized spacial score (nSPS) is 19.4. The van der Waals surface area contributed by atoms with E-state index in [9.17, 15) is 0 Å². The largest absolute Gasteiger partial charge is 0.496 e. The second-order valence-corrected chi connectivity index (χ2v) is 5.42. The molecule has 2 N–H and O–H groups in total. The Hall–Kier alpha value is -0.540. The highest BCUT2D eigenvalue weighted by molar-refractivity contribution is 9.10. The molecule has 1 aliphatic rings. The molecule has 16 heavy (non-hydrogen) atoms. The molecule has 0 radical (unpaired) electrons. The van der Waals surface area contributed by atoms with Gasteiger partial charge in [0.25, 0.3) is 0 Å². The molecule has 0 bridgehead atoms. The Morgan fingerprint density at radius 3 is 2.56 bits per heavy atom. The van der Waals surface area contributed by atoms with Gasteiger partial charge in [0.2, 0.25) is 0 Å². The minimum atomic E-state index is -0.147. The minimum absolute atomic E-state index is 0.147. The monoisotopic (exact) mass is 283 g/mol. The van der Waals surface area contributed by atoms with Crippen LogP contribution in [0.15, 0.2) is 22.7 Å². The highest BCUT2D eigenvalue weighted by Gasteiger charge is 2.29. The summed E-state index contributed by atoms with van der Waals surface area (Å²) in [6.07, 6.45) is 5.94. The second-order valence-electron chi connectivity index (χ2n) is 4.57. The van der Waals surface area contributed by atoms with Gasteiger partial charge in [-0.15, -0.1) is 0 Å². The summed E-state index contributed by atoms with van der Waals surface area (Å²) in [5.74, 6) is 0.868. The summed E-state index contributed by atoms with van der Waals surface area (Å²) in [6, 6.07) is 6.20. The summed E-state index contributed by atoms with van der Waals surface area (Å²) in [4.78, 5) is 0. The van der Waals surface area contributed by atoms with Crippen LogP contribution in [0, 0.1) is 0 Å². The van der Waals surface area contributed by atoms with Crippen LogP contribution >= 0.6 is 15.9 Å². The number of halogens is 1. The number of rotatable bonds is 2. The molecule has 1 saturated carbocycles. The molecular weight excluding hydrogens is 266 g/mol. The molecular formula is C13H18BrNO. The molecule has 0 unspecified atom stereocenters. The quantitative estimate of drug-likeness (QED) is 0.901. The molecule has 3 heteroatoms. The number of hydrogen-bond acceptors (Lipinski definition) is 2. The maximum Gasteiger partial charge on any atom is 0.133 e. The zero-order valence-electron chi connectivity index (χ0n) is 9.63. The lowest BCUT2D eigenvalue weighted by Gasteiger charge is -2.34. The van der Waals surface area contributed by atoms with Gasteiger partial charge in [0.1, 0.15) is 5.75 Å². The van der Waals surface area contributed by atoms with Crippen molar-refractivity contribution in [1.82, 2.24) is 0 Å². The molecule has 1 aromatic rings. The molecule has 0 aromatic heterocycles. The Morgan fingerprint density at radius 1 is 1.25 bits per heavy atom. The molecule has 0 amide bonds. The van der Waals surface area contributed by atoms with E-state index in [-0.39, 0.29) is 5.54 Å². The van der Waals surface area contributed by atoms with Crippen LogP contribution in [0.5, 0.6) is 5.75 Å². The molecule has 0 saturated heterocycles. The van der Waals surface area contributed by atoms with Crippen LogP contribution in [0.1, 0.15) is 37.7 Å². The Kier molecular flexibility index (Phi) is 3.55. The topological polar surface area (TPSA) is 35.2 Å². The summed E-state index contributed by atoms with van der Waals surface area (Å²) in [6.45, 7) is 0. The number of methoxy groups -OCH3 is 1. The van der Waals surface area contributed by atoms with Crippen LogP contribution in [-0.4, -0.2) is 7.11 Å². The van der Waals surface area contributed by atoms with Crippen LogP contribution in [0.4, 0.5) is 0 Å². The van der Waals surface area contributed by atoms with Crippen molar-refractivity contribution in [3.63, 3.8) is 0 Å². The molecule has 1 aromatic carbocycles. The summed E-state index contributed by atoms with van der Waals surface area (Å²) in [7, 11) is 1.69. The predicted molar refractivity (Wildman–Crippen MR) is 69.6 cm³/mol. The first-order valence-corrected chi connectivity index (χ1v) is 6.58. The van der Waals surface area contributed by atoms with Crippen LogP contribution in [-0.2, 0) is 5.54 Å². The highest BCUT2D eigenvalue weighted by Crippen LogP contribution is 2.37. The van der Waals surface area contributed by atoms with E-state index in [2.05, 4.69) is 28.1 Å². The minimum Gasteiger partial charge on any atom is -0.496 e. The third-order valence-electron chi connectivity index (χ3n) is 3.47. The summed E-state index contributed by atoms with van der Waals surface area (Å²) in [5, 5.41) is 0. The van der Waals surface area contributed by atoms with Gasteiger partial charge in [-0.05, 0) is 46.5 Å². The Morgan fingerprint density at radius 2 is 1.94 bits per heavy atom. The van der Waals surface area contributed by atoms with Crippen molar-refractivity contribution < 1.29 is 4.74 Å². The van der Waals surface area contributed by atoms with Gasteiger partial charge in [-0.3, -0.25) is 0 Å². The molecule has 2 nitrogen and oxygen atoms in total. The van der Waals surface area contributed by atoms with Crippen molar-refractivity contribution in [2.24, 2.45) is 5.73 Å². The predicted octanol–water partition coefficient (Wildman–Crippen LogP) is 3.58. The maximum absolute atomic E-state index is 6.48. The number of ether oxygens (including phenoxy) is 1. The lowest BCUT2D eigenvalue weighted by molar-refractivity contribution is 0.301. The second kappa shape index (κ2) is 4.76. The van der Waals surface area contributed by atoms with Gasteiger partial charge in [0, 0.05) is 5.54 Å². The van der Waals surface area contributed by atoms with Crippen molar-refractivity contribution in [1.29, 1.82) is 0 Å². The molecule has 1 fully saturated rings. The van der Waals surface area contributed by atoms with Gasteiger partial charge in [-0.1, -0.05) is 25.3 Å². The van der Waals surface area contributed by atoms with E-state index in [4.69, 9.17) is 10.5 Å². The number of nitrogens with two attached hydrogens (primary N) is 1. The van der Waals surface area contributed by atoms with Gasteiger partial charge in [0.05, 0.1) is 11.6 Å². The zero-order valence-corrected chi connectivity index (χ0v) is 11.2. The van der Waals surface area contributed by atoms with Crippen molar-refractivity contribution in [3.8, 4) is 5.75 Å². The van der Waals surface area contributed by atoms with Crippen molar-refractivity contribution >= 4 is 15.9 Å². The van der Waals surface area contributed by atoms with E-state index < -0.39 is 0 Å². The van der Waals surface area contributed by atoms with E-state index in [0.29, 0.717) is 0 Å². The fraction of sp³-hybridized carbons (Fsp3) is 0.538. The average Bonchev–Trinajstić information content (AvgIpc) is 2.30. The Balaban J connectivity index is 2.32. The zero-order chi connectivity index (χ0) is 11.6. The number of benzene rings is 1. The number of hydrogen-bond donors (Lipinski definition) is 1. The van der Waals surface area contributed by atoms with Crippen molar-refractivity contribution in [2.45, 2.75) is 37.6 Å². The molecule has 1 aliphatic carbocycles. The summed E-state index contributed by atoms with van der Waals surface area (Å²) < 4.78 is 6.30. The van der Waals surface area contributed by atoms with Gasteiger partial charge >= 0.3 is 0 Å². The van der Waals surface area contributed by atoms with Crippen LogP contribution in [0.2, 0.25) is 0 Å². The van der Waals surface area contributed by atoms with E-state index in [0.717, 1.165) is 23.1 Å². The molecule has 2 rings (SSSR count). The fourth-order valence-electron chi connectivity index (χ4n) is 2.44. The van der Waals surface area contributed by atoms with Crippen LogP contribution in [0.25, 0.3) is 0 Å². The molecule has 0 spiro atoms. The van der Waals surface area contributed by atoms with E-state index in [1.54, 1.807) is 7.11 Å². The smallest absolute Gasteiger partial charge is 0.133 e. The lowest BCUT2D eigenvalue weighted by Crippen LogP contribution is -2.38. The fourth-order valence-corrected chi connectivity index (χ4v) is 2.85. The van der Waals surface area contributed by atoms with Crippen molar-refractivity contribution in [2.75, 3.05) is 7.11 Å². The molecule has 0 aliphatic heterocycles. The van der Waals surface area contributed by atoms with Gasteiger partial charge in [-0.2, -0.15) is 0 Å². The first kappa shape index (κ1) is 11.9.